The smallest absolute Gasteiger partial charge is 0.255 e. The predicted octanol–water partition coefficient (Wildman–Crippen LogP) is 2.89. The number of anilines is 1. The van der Waals surface area contributed by atoms with Gasteiger partial charge in [0.2, 0.25) is 5.88 Å². The van der Waals surface area contributed by atoms with E-state index in [0.29, 0.717) is 36.1 Å². The molecular formula is C17H20N2O4. The van der Waals surface area contributed by atoms with E-state index in [1.807, 2.05) is 6.92 Å². The van der Waals surface area contributed by atoms with Crippen molar-refractivity contribution in [3.63, 3.8) is 0 Å². The SMILES string of the molecule is CCOCc1cc(C(=O)Nc2ccc(OC)nc2)ccc1OC. The Balaban J connectivity index is 2.14. The molecule has 2 aromatic rings. The number of pyridine rings is 1. The van der Waals surface area contributed by atoms with Gasteiger partial charge in [0.15, 0.2) is 0 Å². The standard InChI is InChI=1S/C17H20N2O4/c1-4-23-11-13-9-12(5-7-15(13)21-2)17(20)19-14-6-8-16(22-3)18-10-14/h5-10H,4,11H2,1-3H3,(H,19,20). The van der Waals surface area contributed by atoms with Gasteiger partial charge in [0.05, 0.1) is 32.7 Å². The number of carbonyl (C=O) groups is 1. The third-order valence-corrected chi connectivity index (χ3v) is 3.21. The van der Waals surface area contributed by atoms with Crippen LogP contribution in [0, 0.1) is 0 Å². The molecule has 0 aliphatic heterocycles. The van der Waals surface area contributed by atoms with E-state index < -0.39 is 0 Å². The normalized spacial score (nSPS) is 10.2. The van der Waals surface area contributed by atoms with Crippen molar-refractivity contribution in [2.75, 3.05) is 26.1 Å². The highest BCUT2D eigenvalue weighted by Crippen LogP contribution is 2.21. The first-order valence-electron chi connectivity index (χ1n) is 7.24. The van der Waals surface area contributed by atoms with Crippen LogP contribution in [0.3, 0.4) is 0 Å². The molecule has 0 radical (unpaired) electrons. The van der Waals surface area contributed by atoms with Gasteiger partial charge in [-0.15, -0.1) is 0 Å². The topological polar surface area (TPSA) is 69.7 Å². The quantitative estimate of drug-likeness (QED) is 0.850. The van der Waals surface area contributed by atoms with E-state index in [2.05, 4.69) is 10.3 Å². The molecule has 0 aliphatic rings. The summed E-state index contributed by atoms with van der Waals surface area (Å²) in [4.78, 5) is 16.4. The summed E-state index contributed by atoms with van der Waals surface area (Å²) in [5.41, 5.74) is 1.95. The number of rotatable bonds is 7. The molecule has 0 saturated carbocycles. The van der Waals surface area contributed by atoms with Crippen molar-refractivity contribution in [3.05, 3.63) is 47.7 Å². The molecule has 0 bridgehead atoms. The maximum Gasteiger partial charge on any atom is 0.255 e. The Labute approximate surface area is 135 Å². The van der Waals surface area contributed by atoms with E-state index >= 15 is 0 Å². The number of nitrogens with one attached hydrogen (secondary N) is 1. The van der Waals surface area contributed by atoms with Gasteiger partial charge in [-0.05, 0) is 31.2 Å². The third-order valence-electron chi connectivity index (χ3n) is 3.21. The van der Waals surface area contributed by atoms with Crippen LogP contribution in [-0.4, -0.2) is 31.7 Å². The summed E-state index contributed by atoms with van der Waals surface area (Å²) >= 11 is 0. The molecule has 0 spiro atoms. The van der Waals surface area contributed by atoms with Gasteiger partial charge >= 0.3 is 0 Å². The number of benzene rings is 1. The highest BCUT2D eigenvalue weighted by Gasteiger charge is 2.11. The van der Waals surface area contributed by atoms with E-state index in [9.17, 15) is 4.79 Å². The fourth-order valence-electron chi connectivity index (χ4n) is 2.02. The largest absolute Gasteiger partial charge is 0.496 e. The molecular weight excluding hydrogens is 296 g/mol. The second-order valence-electron chi connectivity index (χ2n) is 4.71. The van der Waals surface area contributed by atoms with Crippen LogP contribution in [0.2, 0.25) is 0 Å². The molecule has 0 fully saturated rings. The minimum atomic E-state index is -0.225. The van der Waals surface area contributed by atoms with Crippen molar-refractivity contribution in [1.29, 1.82) is 0 Å². The second-order valence-corrected chi connectivity index (χ2v) is 4.71. The van der Waals surface area contributed by atoms with Gasteiger partial charge in [-0.25, -0.2) is 4.98 Å². The highest BCUT2D eigenvalue weighted by molar-refractivity contribution is 6.04. The molecule has 1 aromatic carbocycles. The van der Waals surface area contributed by atoms with Crippen molar-refractivity contribution in [3.8, 4) is 11.6 Å². The average Bonchev–Trinajstić information content (AvgIpc) is 2.60. The number of aromatic nitrogens is 1. The maximum atomic E-state index is 12.3. The van der Waals surface area contributed by atoms with E-state index in [0.717, 1.165) is 5.56 Å². The molecule has 122 valence electrons. The zero-order valence-corrected chi connectivity index (χ0v) is 13.5. The minimum Gasteiger partial charge on any atom is -0.496 e. The second kappa shape index (κ2) is 8.14. The Morgan fingerprint density at radius 3 is 2.61 bits per heavy atom. The fourth-order valence-corrected chi connectivity index (χ4v) is 2.02. The molecule has 1 heterocycles. The highest BCUT2D eigenvalue weighted by atomic mass is 16.5. The number of amides is 1. The Kier molecular flexibility index (Phi) is 5.94. The third kappa shape index (κ3) is 4.43. The van der Waals surface area contributed by atoms with Gasteiger partial charge in [0.1, 0.15) is 5.75 Å². The van der Waals surface area contributed by atoms with Gasteiger partial charge in [-0.2, -0.15) is 0 Å². The number of carbonyl (C=O) groups excluding carboxylic acids is 1. The summed E-state index contributed by atoms with van der Waals surface area (Å²) in [7, 11) is 3.13. The summed E-state index contributed by atoms with van der Waals surface area (Å²) in [6.07, 6.45) is 1.54. The van der Waals surface area contributed by atoms with Gasteiger partial charge in [0.25, 0.3) is 5.91 Å². The first kappa shape index (κ1) is 16.8. The Hall–Kier alpha value is -2.60. The van der Waals surface area contributed by atoms with Crippen LogP contribution in [0.15, 0.2) is 36.5 Å². The van der Waals surface area contributed by atoms with E-state index in [1.165, 1.54) is 7.11 Å². The Morgan fingerprint density at radius 1 is 1.17 bits per heavy atom. The summed E-state index contributed by atoms with van der Waals surface area (Å²) in [5, 5.41) is 2.79. The molecule has 0 unspecified atom stereocenters. The van der Waals surface area contributed by atoms with E-state index in [1.54, 1.807) is 43.6 Å². The number of methoxy groups -OCH3 is 2. The molecule has 1 amide bonds. The summed E-state index contributed by atoms with van der Waals surface area (Å²) in [6, 6.07) is 8.65. The van der Waals surface area contributed by atoms with Crippen LogP contribution < -0.4 is 14.8 Å². The zero-order chi connectivity index (χ0) is 16.7. The summed E-state index contributed by atoms with van der Waals surface area (Å²) in [5.74, 6) is 0.963. The first-order chi connectivity index (χ1) is 11.2. The van der Waals surface area contributed by atoms with Gasteiger partial charge in [-0.3, -0.25) is 4.79 Å². The van der Waals surface area contributed by atoms with Crippen molar-refractivity contribution in [1.82, 2.24) is 4.98 Å². The lowest BCUT2D eigenvalue weighted by Crippen LogP contribution is -2.13. The van der Waals surface area contributed by atoms with Crippen molar-refractivity contribution < 1.29 is 19.0 Å². The molecule has 23 heavy (non-hydrogen) atoms. The van der Waals surface area contributed by atoms with Crippen LogP contribution in [-0.2, 0) is 11.3 Å². The molecule has 6 nitrogen and oxygen atoms in total. The van der Waals surface area contributed by atoms with E-state index in [4.69, 9.17) is 14.2 Å². The minimum absolute atomic E-state index is 0.225. The molecule has 0 saturated heterocycles. The van der Waals surface area contributed by atoms with Gasteiger partial charge < -0.3 is 19.5 Å². The van der Waals surface area contributed by atoms with Gasteiger partial charge in [0, 0.05) is 23.8 Å². The lowest BCUT2D eigenvalue weighted by molar-refractivity contribution is 0.102. The number of hydrogen-bond acceptors (Lipinski definition) is 5. The van der Waals surface area contributed by atoms with Gasteiger partial charge in [-0.1, -0.05) is 0 Å². The summed E-state index contributed by atoms with van der Waals surface area (Å²) < 4.78 is 15.7. The van der Waals surface area contributed by atoms with Crippen LogP contribution in [0.4, 0.5) is 5.69 Å². The molecule has 0 aliphatic carbocycles. The number of nitrogens with zero attached hydrogens (tertiary/aromatic N) is 1. The van der Waals surface area contributed by atoms with Crippen LogP contribution in [0.25, 0.3) is 0 Å². The lowest BCUT2D eigenvalue weighted by atomic mass is 10.1. The lowest BCUT2D eigenvalue weighted by Gasteiger charge is -2.11. The van der Waals surface area contributed by atoms with E-state index in [-0.39, 0.29) is 5.91 Å². The van der Waals surface area contributed by atoms with Crippen LogP contribution >= 0.6 is 0 Å². The van der Waals surface area contributed by atoms with Crippen LogP contribution in [0.1, 0.15) is 22.8 Å². The number of ether oxygens (including phenoxy) is 3. The Bertz CT molecular complexity index is 656. The summed E-state index contributed by atoms with van der Waals surface area (Å²) in [6.45, 7) is 2.90. The monoisotopic (exact) mass is 316 g/mol. The average molecular weight is 316 g/mol. The molecule has 6 heteroatoms. The molecule has 1 N–H and O–H groups in total. The van der Waals surface area contributed by atoms with Crippen molar-refractivity contribution in [2.24, 2.45) is 0 Å². The van der Waals surface area contributed by atoms with Crippen molar-refractivity contribution >= 4 is 11.6 Å². The molecule has 2 rings (SSSR count). The fraction of sp³-hybridized carbons (Fsp3) is 0.294. The zero-order valence-electron chi connectivity index (χ0n) is 13.5. The Morgan fingerprint density at radius 2 is 2.00 bits per heavy atom. The number of hydrogen-bond donors (Lipinski definition) is 1. The van der Waals surface area contributed by atoms with Crippen molar-refractivity contribution in [2.45, 2.75) is 13.5 Å². The van der Waals surface area contributed by atoms with Crippen LogP contribution in [0.5, 0.6) is 11.6 Å². The maximum absolute atomic E-state index is 12.3. The predicted molar refractivity (Wildman–Crippen MR) is 87.1 cm³/mol. The first-order valence-corrected chi connectivity index (χ1v) is 7.24. The molecule has 0 atom stereocenters. The molecule has 1 aromatic heterocycles.